The van der Waals surface area contributed by atoms with Crippen LogP contribution in [0.1, 0.15) is 22.3 Å². The van der Waals surface area contributed by atoms with Crippen LogP contribution in [0.5, 0.6) is 0 Å². The molecule has 0 saturated carbocycles. The molecule has 5 nitrogen and oxygen atoms in total. The van der Waals surface area contributed by atoms with Crippen LogP contribution in [0.15, 0.2) is 18.2 Å². The van der Waals surface area contributed by atoms with E-state index in [-0.39, 0.29) is 30.5 Å². The van der Waals surface area contributed by atoms with E-state index in [1.54, 1.807) is 6.92 Å². The van der Waals surface area contributed by atoms with Crippen molar-refractivity contribution in [3.63, 3.8) is 0 Å². The van der Waals surface area contributed by atoms with Gasteiger partial charge in [-0.25, -0.2) is 4.39 Å². The van der Waals surface area contributed by atoms with Crippen LogP contribution < -0.4 is 0 Å². The number of piperidine rings is 1. The van der Waals surface area contributed by atoms with E-state index in [1.165, 1.54) is 30.2 Å². The highest BCUT2D eigenvalue weighted by atomic mass is 19.1. The topological polar surface area (TPSA) is 63.7 Å². The average molecular weight is 293 g/mol. The zero-order valence-electron chi connectivity index (χ0n) is 11.9. The number of nitrogens with zero attached hydrogens (tertiary/aromatic N) is 1. The molecule has 21 heavy (non-hydrogen) atoms. The molecule has 0 spiro atoms. The van der Waals surface area contributed by atoms with Gasteiger partial charge in [0.15, 0.2) is 5.78 Å². The first kappa shape index (κ1) is 15.2. The summed E-state index contributed by atoms with van der Waals surface area (Å²) >= 11 is 0. The van der Waals surface area contributed by atoms with E-state index < -0.39 is 11.9 Å². The van der Waals surface area contributed by atoms with Crippen molar-refractivity contribution in [1.82, 2.24) is 4.90 Å². The van der Waals surface area contributed by atoms with Gasteiger partial charge in [-0.15, -0.1) is 0 Å². The minimum atomic E-state index is -0.797. The molecule has 1 aliphatic heterocycles. The van der Waals surface area contributed by atoms with E-state index in [2.05, 4.69) is 4.74 Å². The molecule has 0 aliphatic carbocycles. The maximum atomic E-state index is 13.2. The summed E-state index contributed by atoms with van der Waals surface area (Å²) in [6.07, 6.45) is 0.247. The molecule has 0 N–H and O–H groups in total. The SMILES string of the molecule is COC(=O)C1CCN(C(=O)c2ccc(F)c(C)c2)CC1=O. The van der Waals surface area contributed by atoms with Gasteiger partial charge in [0, 0.05) is 12.1 Å². The van der Waals surface area contributed by atoms with Gasteiger partial charge in [0.1, 0.15) is 11.7 Å². The molecule has 112 valence electrons. The third kappa shape index (κ3) is 3.09. The zero-order chi connectivity index (χ0) is 15.6. The molecule has 1 aromatic rings. The fraction of sp³-hybridized carbons (Fsp3) is 0.400. The summed E-state index contributed by atoms with van der Waals surface area (Å²) < 4.78 is 17.8. The second-order valence-electron chi connectivity index (χ2n) is 5.02. The second-order valence-corrected chi connectivity index (χ2v) is 5.02. The quantitative estimate of drug-likeness (QED) is 0.610. The zero-order valence-corrected chi connectivity index (χ0v) is 11.9. The van der Waals surface area contributed by atoms with Crippen LogP contribution in [0.3, 0.4) is 0 Å². The molecule has 1 aromatic carbocycles. The molecule has 1 amide bonds. The van der Waals surface area contributed by atoms with Gasteiger partial charge in [-0.05, 0) is 37.1 Å². The van der Waals surface area contributed by atoms with Crippen LogP contribution in [-0.2, 0) is 14.3 Å². The average Bonchev–Trinajstić information content (AvgIpc) is 2.48. The Bertz CT molecular complexity index is 599. The molecule has 2 rings (SSSR count). The Balaban J connectivity index is 2.10. The van der Waals surface area contributed by atoms with E-state index >= 15 is 0 Å². The number of aryl methyl sites for hydroxylation is 1. The number of likely N-dealkylation sites (tertiary alicyclic amines) is 1. The fourth-order valence-electron chi connectivity index (χ4n) is 2.35. The molecule has 1 fully saturated rings. The second kappa shape index (κ2) is 6.03. The van der Waals surface area contributed by atoms with Crippen molar-refractivity contribution in [1.29, 1.82) is 0 Å². The number of Topliss-reactive ketones (excluding diaryl/α,β-unsaturated/α-hetero) is 1. The third-order valence-electron chi connectivity index (χ3n) is 3.60. The van der Waals surface area contributed by atoms with Crippen LogP contribution in [0.25, 0.3) is 0 Å². The highest BCUT2D eigenvalue weighted by Gasteiger charge is 2.35. The lowest BCUT2D eigenvalue weighted by molar-refractivity contribution is -0.151. The number of carbonyl (C=O) groups is 3. The lowest BCUT2D eigenvalue weighted by atomic mass is 9.95. The van der Waals surface area contributed by atoms with Crippen molar-refractivity contribution in [2.24, 2.45) is 5.92 Å². The minimum Gasteiger partial charge on any atom is -0.468 e. The predicted molar refractivity (Wildman–Crippen MR) is 72.2 cm³/mol. The number of esters is 1. The van der Waals surface area contributed by atoms with Gasteiger partial charge in [-0.2, -0.15) is 0 Å². The Morgan fingerprint density at radius 3 is 2.67 bits per heavy atom. The summed E-state index contributed by atoms with van der Waals surface area (Å²) in [7, 11) is 1.23. The molecule has 0 aromatic heterocycles. The van der Waals surface area contributed by atoms with E-state index in [9.17, 15) is 18.8 Å². The monoisotopic (exact) mass is 293 g/mol. The number of amides is 1. The summed E-state index contributed by atoms with van der Waals surface area (Å²) in [5.41, 5.74) is 0.704. The molecule has 6 heteroatoms. The maximum Gasteiger partial charge on any atom is 0.316 e. The number of rotatable bonds is 2. The van der Waals surface area contributed by atoms with E-state index in [1.807, 2.05) is 0 Å². The summed E-state index contributed by atoms with van der Waals surface area (Å²) in [6.45, 7) is 1.73. The number of methoxy groups -OCH3 is 1. The number of carbonyl (C=O) groups excluding carboxylic acids is 3. The van der Waals surface area contributed by atoms with Crippen molar-refractivity contribution < 1.29 is 23.5 Å². The van der Waals surface area contributed by atoms with Crippen molar-refractivity contribution in [2.45, 2.75) is 13.3 Å². The third-order valence-corrected chi connectivity index (χ3v) is 3.60. The number of ketones is 1. The van der Waals surface area contributed by atoms with Gasteiger partial charge >= 0.3 is 5.97 Å². The number of hydrogen-bond acceptors (Lipinski definition) is 4. The molecule has 1 aliphatic rings. The minimum absolute atomic E-state index is 0.130. The standard InChI is InChI=1S/C15H16FNO4/c1-9-7-10(3-4-12(9)16)14(19)17-6-5-11(13(18)8-17)15(20)21-2/h3-4,7,11H,5-6,8H2,1-2H3. The molecule has 1 heterocycles. The summed E-state index contributed by atoms with van der Waals surface area (Å²) in [4.78, 5) is 37.0. The van der Waals surface area contributed by atoms with Gasteiger partial charge in [-0.1, -0.05) is 0 Å². The van der Waals surface area contributed by atoms with Crippen LogP contribution in [0.4, 0.5) is 4.39 Å². The van der Waals surface area contributed by atoms with Crippen molar-refractivity contribution in [2.75, 3.05) is 20.2 Å². The predicted octanol–water partition coefficient (Wildman–Crippen LogP) is 1.34. The number of halogens is 1. The highest BCUT2D eigenvalue weighted by molar-refractivity contribution is 6.04. The molecule has 1 saturated heterocycles. The first-order valence-electron chi connectivity index (χ1n) is 6.60. The fourth-order valence-corrected chi connectivity index (χ4v) is 2.35. The number of hydrogen-bond donors (Lipinski definition) is 0. The van der Waals surface area contributed by atoms with E-state index in [0.717, 1.165) is 0 Å². The van der Waals surface area contributed by atoms with Gasteiger partial charge in [0.25, 0.3) is 5.91 Å². The molecular formula is C15H16FNO4. The first-order chi connectivity index (χ1) is 9.93. The normalized spacial score (nSPS) is 18.5. The largest absolute Gasteiger partial charge is 0.468 e. The molecule has 1 unspecified atom stereocenters. The summed E-state index contributed by atoms with van der Waals surface area (Å²) in [5, 5.41) is 0. The summed E-state index contributed by atoms with van der Waals surface area (Å²) in [5.74, 6) is -2.42. The molecule has 0 bridgehead atoms. The van der Waals surface area contributed by atoms with Gasteiger partial charge in [0.05, 0.1) is 13.7 Å². The Hall–Kier alpha value is -2.24. The Kier molecular flexibility index (Phi) is 4.35. The smallest absolute Gasteiger partial charge is 0.316 e. The Morgan fingerprint density at radius 1 is 1.38 bits per heavy atom. The molecule has 1 atom stereocenters. The van der Waals surface area contributed by atoms with E-state index in [0.29, 0.717) is 17.7 Å². The Labute approximate surface area is 121 Å². The first-order valence-corrected chi connectivity index (χ1v) is 6.60. The number of ether oxygens (including phenoxy) is 1. The van der Waals surface area contributed by atoms with Crippen LogP contribution in [-0.4, -0.2) is 42.8 Å². The van der Waals surface area contributed by atoms with E-state index in [4.69, 9.17) is 0 Å². The van der Waals surface area contributed by atoms with Crippen LogP contribution >= 0.6 is 0 Å². The number of benzene rings is 1. The van der Waals surface area contributed by atoms with Gasteiger partial charge in [-0.3, -0.25) is 14.4 Å². The van der Waals surface area contributed by atoms with Crippen LogP contribution in [0, 0.1) is 18.7 Å². The van der Waals surface area contributed by atoms with Crippen LogP contribution in [0.2, 0.25) is 0 Å². The van der Waals surface area contributed by atoms with Crippen molar-refractivity contribution >= 4 is 17.7 Å². The summed E-state index contributed by atoms with van der Waals surface area (Å²) in [6, 6.07) is 4.07. The lowest BCUT2D eigenvalue weighted by Crippen LogP contribution is -2.46. The highest BCUT2D eigenvalue weighted by Crippen LogP contribution is 2.18. The van der Waals surface area contributed by atoms with Gasteiger partial charge < -0.3 is 9.64 Å². The van der Waals surface area contributed by atoms with Crippen molar-refractivity contribution in [3.8, 4) is 0 Å². The molecular weight excluding hydrogens is 277 g/mol. The van der Waals surface area contributed by atoms with Crippen molar-refractivity contribution in [3.05, 3.63) is 35.1 Å². The molecule has 0 radical (unpaired) electrons. The maximum absolute atomic E-state index is 13.2. The van der Waals surface area contributed by atoms with Gasteiger partial charge in [0.2, 0.25) is 0 Å². The Morgan fingerprint density at radius 2 is 2.10 bits per heavy atom. The lowest BCUT2D eigenvalue weighted by Gasteiger charge is -2.29.